The summed E-state index contributed by atoms with van der Waals surface area (Å²) >= 11 is 0. The maximum atomic E-state index is 13.3. The Bertz CT molecular complexity index is 1310. The molecule has 2 aliphatic rings. The molecule has 0 aromatic rings. The molecule has 14 nitrogen and oxygen atoms in total. The van der Waals surface area contributed by atoms with E-state index in [4.69, 9.17) is 18.9 Å². The molecule has 12 atom stereocenters. The molecule has 0 spiro atoms. The van der Waals surface area contributed by atoms with Crippen molar-refractivity contribution < 1.29 is 64.6 Å². The van der Waals surface area contributed by atoms with Crippen LogP contribution in [0.2, 0.25) is 0 Å². The van der Waals surface area contributed by atoms with Gasteiger partial charge in [0, 0.05) is 6.42 Å². The van der Waals surface area contributed by atoms with Gasteiger partial charge in [0.15, 0.2) is 12.6 Å². The summed E-state index contributed by atoms with van der Waals surface area (Å²) in [5.74, 6) is -0.234. The number of hydrogen-bond donors (Lipinski definition) is 9. The number of aliphatic hydroxyl groups excluding tert-OH is 8. The Hall–Kier alpha value is -1.27. The van der Waals surface area contributed by atoms with Crippen LogP contribution in [0.15, 0.2) is 12.2 Å². The molecule has 2 saturated heterocycles. The molecule has 2 heterocycles. The zero-order valence-electron chi connectivity index (χ0n) is 47.8. The molecule has 2 rings (SSSR count). The predicted molar refractivity (Wildman–Crippen MR) is 300 cm³/mol. The van der Waals surface area contributed by atoms with Crippen molar-refractivity contribution in [3.8, 4) is 0 Å². The van der Waals surface area contributed by atoms with E-state index in [0.717, 1.165) is 38.5 Å². The van der Waals surface area contributed by atoms with Crippen LogP contribution < -0.4 is 5.32 Å². The van der Waals surface area contributed by atoms with Crippen LogP contribution in [-0.2, 0) is 23.7 Å². The Balaban J connectivity index is 1.67. The second kappa shape index (κ2) is 47.5. The minimum absolute atomic E-state index is 0.234. The van der Waals surface area contributed by atoms with Gasteiger partial charge in [-0.1, -0.05) is 264 Å². The van der Waals surface area contributed by atoms with Gasteiger partial charge in [0.25, 0.3) is 0 Å². The highest BCUT2D eigenvalue weighted by Gasteiger charge is 2.51. The summed E-state index contributed by atoms with van der Waals surface area (Å²) in [5.41, 5.74) is 0. The number of hydrogen-bond acceptors (Lipinski definition) is 13. The van der Waals surface area contributed by atoms with Crippen molar-refractivity contribution in [2.45, 2.75) is 351 Å². The molecule has 444 valence electrons. The molecule has 14 heteroatoms. The van der Waals surface area contributed by atoms with Crippen molar-refractivity contribution in [3.05, 3.63) is 12.2 Å². The molecule has 12 unspecified atom stereocenters. The highest BCUT2D eigenvalue weighted by molar-refractivity contribution is 5.76. The SMILES string of the molecule is CCCCCCCCCCCCC/C=C/C(O)C(COC1OC(CO)C(OC2OC(CO)C(O)C(O)C2O)C(O)C1O)NC(=O)CCCCCCCCCCCCCCCCCCCCCCCCCCCCCC. The molecule has 0 saturated carbocycles. The standard InChI is InChI=1S/C61H117NO13/c1-3-5-7-9-11-13-15-17-18-19-20-21-22-23-24-25-26-27-28-29-30-31-33-35-37-39-41-43-45-53(66)62-49(50(65)44-42-40-38-36-34-32-16-14-12-10-8-6-4-2)48-72-60-58(71)56(69)59(52(47-64)74-60)75-61-57(70)55(68)54(67)51(46-63)73-61/h42,44,49-52,54-61,63-65,67-71H,3-41,43,45-48H2,1-2H3,(H,62,66)/b44-42+. The van der Waals surface area contributed by atoms with E-state index in [1.807, 2.05) is 6.08 Å². The predicted octanol–water partition coefficient (Wildman–Crippen LogP) is 11.1. The van der Waals surface area contributed by atoms with E-state index >= 15 is 0 Å². The van der Waals surface area contributed by atoms with Crippen molar-refractivity contribution in [1.82, 2.24) is 5.32 Å². The van der Waals surface area contributed by atoms with E-state index in [2.05, 4.69) is 19.2 Å². The maximum absolute atomic E-state index is 13.3. The second-order valence-corrected chi connectivity index (χ2v) is 22.6. The van der Waals surface area contributed by atoms with Crippen molar-refractivity contribution in [3.63, 3.8) is 0 Å². The first kappa shape index (κ1) is 69.8. The summed E-state index contributed by atoms with van der Waals surface area (Å²) in [6, 6.07) is -0.909. The van der Waals surface area contributed by atoms with Crippen LogP contribution in [0, 0.1) is 0 Å². The molecule has 0 aromatic heterocycles. The van der Waals surface area contributed by atoms with Gasteiger partial charge in [-0.15, -0.1) is 0 Å². The van der Waals surface area contributed by atoms with E-state index in [-0.39, 0.29) is 18.9 Å². The number of carbonyl (C=O) groups is 1. The van der Waals surface area contributed by atoms with Gasteiger partial charge in [-0.2, -0.15) is 0 Å². The Morgan fingerprint density at radius 1 is 0.467 bits per heavy atom. The van der Waals surface area contributed by atoms with E-state index in [1.54, 1.807) is 6.08 Å². The molecular weight excluding hydrogens is 955 g/mol. The van der Waals surface area contributed by atoms with Crippen LogP contribution in [0.3, 0.4) is 0 Å². The lowest BCUT2D eigenvalue weighted by molar-refractivity contribution is -0.359. The Kier molecular flexibility index (Phi) is 44.3. The van der Waals surface area contributed by atoms with Gasteiger partial charge < -0.3 is 65.1 Å². The number of rotatable bonds is 51. The Morgan fingerprint density at radius 3 is 1.23 bits per heavy atom. The summed E-state index contributed by atoms with van der Waals surface area (Å²) in [6.07, 6.45) is 38.4. The third-order valence-electron chi connectivity index (χ3n) is 15.7. The molecule has 9 N–H and O–H groups in total. The number of carbonyl (C=O) groups excluding carboxylic acids is 1. The maximum Gasteiger partial charge on any atom is 0.220 e. The van der Waals surface area contributed by atoms with Crippen LogP contribution in [0.25, 0.3) is 0 Å². The molecular formula is C61H117NO13. The average Bonchev–Trinajstić information content (AvgIpc) is 3.41. The largest absolute Gasteiger partial charge is 0.394 e. The van der Waals surface area contributed by atoms with Crippen molar-refractivity contribution in [2.75, 3.05) is 19.8 Å². The molecule has 0 aliphatic carbocycles. The van der Waals surface area contributed by atoms with Crippen molar-refractivity contribution >= 4 is 5.91 Å². The number of aliphatic hydroxyl groups is 8. The third kappa shape index (κ3) is 33.2. The average molecular weight is 1070 g/mol. The normalized spacial score (nSPS) is 25.0. The summed E-state index contributed by atoms with van der Waals surface area (Å²) in [5, 5.41) is 87.0. The number of ether oxygens (including phenoxy) is 4. The highest BCUT2D eigenvalue weighted by atomic mass is 16.7. The van der Waals surface area contributed by atoms with Gasteiger partial charge >= 0.3 is 0 Å². The number of allylic oxidation sites excluding steroid dienone is 1. The molecule has 2 aliphatic heterocycles. The van der Waals surface area contributed by atoms with Gasteiger partial charge in [-0.3, -0.25) is 4.79 Å². The quantitative estimate of drug-likeness (QED) is 0.0204. The molecule has 1 amide bonds. The van der Waals surface area contributed by atoms with Gasteiger partial charge in [-0.25, -0.2) is 0 Å². The fourth-order valence-corrected chi connectivity index (χ4v) is 10.6. The molecule has 0 bridgehead atoms. The Labute approximate surface area is 456 Å². The molecule has 75 heavy (non-hydrogen) atoms. The molecule has 2 fully saturated rings. The van der Waals surface area contributed by atoms with Crippen molar-refractivity contribution in [1.29, 1.82) is 0 Å². The number of unbranched alkanes of at least 4 members (excludes halogenated alkanes) is 38. The topological polar surface area (TPSA) is 228 Å². The number of amides is 1. The molecule has 0 aromatic carbocycles. The zero-order valence-corrected chi connectivity index (χ0v) is 47.8. The third-order valence-corrected chi connectivity index (χ3v) is 15.7. The van der Waals surface area contributed by atoms with E-state index in [1.165, 1.54) is 212 Å². The monoisotopic (exact) mass is 1070 g/mol. The van der Waals surface area contributed by atoms with E-state index in [0.29, 0.717) is 6.42 Å². The lowest BCUT2D eigenvalue weighted by atomic mass is 9.97. The van der Waals surface area contributed by atoms with Crippen LogP contribution in [-0.4, -0.2) is 140 Å². The fraction of sp³-hybridized carbons (Fsp3) is 0.951. The lowest BCUT2D eigenvalue weighted by Gasteiger charge is -2.46. The van der Waals surface area contributed by atoms with E-state index < -0.39 is 86.8 Å². The summed E-state index contributed by atoms with van der Waals surface area (Å²) in [4.78, 5) is 13.3. The van der Waals surface area contributed by atoms with Gasteiger partial charge in [0.2, 0.25) is 5.91 Å². The summed E-state index contributed by atoms with van der Waals surface area (Å²) in [7, 11) is 0. The van der Waals surface area contributed by atoms with Crippen molar-refractivity contribution in [2.24, 2.45) is 0 Å². The fourth-order valence-electron chi connectivity index (χ4n) is 10.6. The minimum Gasteiger partial charge on any atom is -0.394 e. The second-order valence-electron chi connectivity index (χ2n) is 22.6. The smallest absolute Gasteiger partial charge is 0.220 e. The lowest BCUT2D eigenvalue weighted by Crippen LogP contribution is -2.65. The minimum atomic E-state index is -1.79. The molecule has 0 radical (unpaired) electrons. The van der Waals surface area contributed by atoms with Gasteiger partial charge in [-0.05, 0) is 19.3 Å². The zero-order chi connectivity index (χ0) is 54.6. The van der Waals surface area contributed by atoms with E-state index in [9.17, 15) is 45.6 Å². The number of nitrogens with one attached hydrogen (secondary N) is 1. The first-order chi connectivity index (χ1) is 36.6. The van der Waals surface area contributed by atoms with Gasteiger partial charge in [0.05, 0.1) is 32.0 Å². The summed E-state index contributed by atoms with van der Waals surface area (Å²) in [6.45, 7) is 2.82. The Morgan fingerprint density at radius 2 is 0.827 bits per heavy atom. The van der Waals surface area contributed by atoms with Crippen LogP contribution >= 0.6 is 0 Å². The summed E-state index contributed by atoms with van der Waals surface area (Å²) < 4.78 is 22.8. The van der Waals surface area contributed by atoms with Crippen LogP contribution in [0.4, 0.5) is 0 Å². The first-order valence-electron chi connectivity index (χ1n) is 31.4. The first-order valence-corrected chi connectivity index (χ1v) is 31.4. The highest BCUT2D eigenvalue weighted by Crippen LogP contribution is 2.30. The van der Waals surface area contributed by atoms with Crippen LogP contribution in [0.1, 0.15) is 277 Å². The van der Waals surface area contributed by atoms with Gasteiger partial charge in [0.1, 0.15) is 48.8 Å². The van der Waals surface area contributed by atoms with Crippen LogP contribution in [0.5, 0.6) is 0 Å².